The number of ether oxygens (including phenoxy) is 2. The molecule has 0 aromatic heterocycles. The number of carbonyl (C=O) groups excluding carboxylic acids is 2. The summed E-state index contributed by atoms with van der Waals surface area (Å²) in [6, 6.07) is 0. The summed E-state index contributed by atoms with van der Waals surface area (Å²) in [5, 5.41) is 14.0. The third-order valence-electron chi connectivity index (χ3n) is 9.95. The zero-order valence-electron chi connectivity index (χ0n) is 19.7. The van der Waals surface area contributed by atoms with Crippen molar-refractivity contribution in [3.05, 3.63) is 0 Å². The van der Waals surface area contributed by atoms with Gasteiger partial charge in [0.05, 0.1) is 5.71 Å². The second-order valence-corrected chi connectivity index (χ2v) is 11.2. The van der Waals surface area contributed by atoms with Gasteiger partial charge in [-0.15, -0.1) is 0 Å². The summed E-state index contributed by atoms with van der Waals surface area (Å²) in [6.45, 7) is 9.66. The predicted molar refractivity (Wildman–Crippen MR) is 117 cm³/mol. The molecule has 6 heteroatoms. The van der Waals surface area contributed by atoms with Crippen molar-refractivity contribution < 1.29 is 24.3 Å². The van der Waals surface area contributed by atoms with Crippen LogP contribution in [0.5, 0.6) is 0 Å². The van der Waals surface area contributed by atoms with Gasteiger partial charge in [-0.3, -0.25) is 9.59 Å². The van der Waals surface area contributed by atoms with Gasteiger partial charge >= 0.3 is 11.9 Å². The molecule has 0 bridgehead atoms. The summed E-state index contributed by atoms with van der Waals surface area (Å²) >= 11 is 0. The highest BCUT2D eigenvalue weighted by molar-refractivity contribution is 5.91. The third-order valence-corrected chi connectivity index (χ3v) is 9.95. The molecule has 4 aliphatic carbocycles. The SMILES string of the molecule is CC(=O)OC1CC[C@@]2(C)C(CC[C@H]3[C@@H]4CC[C@H](C(C)OC(C)=O)[C@@]4(C)C(=NO)C[C@@H]32)C1. The van der Waals surface area contributed by atoms with Crippen molar-refractivity contribution in [2.45, 2.75) is 98.2 Å². The molecule has 174 valence electrons. The quantitative estimate of drug-likeness (QED) is 0.386. The molecule has 0 aliphatic heterocycles. The molecule has 0 heterocycles. The molecule has 0 spiro atoms. The Bertz CT molecular complexity index is 765. The monoisotopic (exact) mass is 433 g/mol. The summed E-state index contributed by atoms with van der Waals surface area (Å²) in [5.41, 5.74) is 0.878. The normalized spacial score (nSPS) is 46.4. The lowest BCUT2D eigenvalue weighted by Gasteiger charge is -2.61. The fraction of sp³-hybridized carbons (Fsp3) is 0.880. The zero-order valence-corrected chi connectivity index (χ0v) is 19.7. The van der Waals surface area contributed by atoms with Crippen molar-refractivity contribution in [2.24, 2.45) is 45.6 Å². The topological polar surface area (TPSA) is 85.2 Å². The number of hydrogen-bond acceptors (Lipinski definition) is 6. The molecule has 4 aliphatic rings. The highest BCUT2D eigenvalue weighted by Gasteiger charge is 2.63. The molecular formula is C25H39NO5. The van der Waals surface area contributed by atoms with Gasteiger partial charge in [-0.2, -0.15) is 0 Å². The fourth-order valence-corrected chi connectivity index (χ4v) is 8.57. The molecule has 0 aromatic rings. The van der Waals surface area contributed by atoms with E-state index in [9.17, 15) is 14.8 Å². The summed E-state index contributed by atoms with van der Waals surface area (Å²) in [7, 11) is 0. The summed E-state index contributed by atoms with van der Waals surface area (Å²) in [4.78, 5) is 23.1. The van der Waals surface area contributed by atoms with Crippen molar-refractivity contribution >= 4 is 17.7 Å². The van der Waals surface area contributed by atoms with E-state index in [2.05, 4.69) is 19.0 Å². The molecule has 4 saturated carbocycles. The molecule has 0 aromatic carbocycles. The number of carbonyl (C=O) groups is 2. The molecule has 31 heavy (non-hydrogen) atoms. The average molecular weight is 434 g/mol. The lowest BCUT2D eigenvalue weighted by atomic mass is 9.44. The fourth-order valence-electron chi connectivity index (χ4n) is 8.57. The lowest BCUT2D eigenvalue weighted by Crippen LogP contribution is -2.58. The first-order valence-corrected chi connectivity index (χ1v) is 12.2. The molecule has 4 rings (SSSR count). The Labute approximate surface area is 186 Å². The maximum absolute atomic E-state index is 11.6. The first-order valence-electron chi connectivity index (χ1n) is 12.2. The maximum atomic E-state index is 11.6. The highest BCUT2D eigenvalue weighted by atomic mass is 16.5. The van der Waals surface area contributed by atoms with Crippen LogP contribution in [0.25, 0.3) is 0 Å². The van der Waals surface area contributed by atoms with Crippen LogP contribution in [0, 0.1) is 40.4 Å². The first-order chi connectivity index (χ1) is 14.6. The summed E-state index contributed by atoms with van der Waals surface area (Å²) in [5.74, 6) is 1.89. The number of hydrogen-bond donors (Lipinski definition) is 1. The standard InChI is InChI=1S/C25H39NO5/c1-14(30-15(2)27)20-8-9-21-19-7-6-17-12-18(31-16(3)28)10-11-24(17,4)22(19)13-23(26-29)25(20,21)5/h14,17-22,29H,6-13H2,1-5H3/t14?,17?,18?,19-,20+,21-,22-,24-,25+/m0/s1. The second kappa shape index (κ2) is 8.08. The number of esters is 2. The van der Waals surface area contributed by atoms with E-state index in [1.54, 1.807) is 0 Å². The molecule has 0 radical (unpaired) electrons. The van der Waals surface area contributed by atoms with Crippen molar-refractivity contribution in [3.63, 3.8) is 0 Å². The van der Waals surface area contributed by atoms with Gasteiger partial charge in [0.25, 0.3) is 0 Å². The van der Waals surface area contributed by atoms with Gasteiger partial charge in [-0.1, -0.05) is 19.0 Å². The Hall–Kier alpha value is -1.59. The van der Waals surface area contributed by atoms with E-state index in [-0.39, 0.29) is 40.9 Å². The molecule has 9 atom stereocenters. The van der Waals surface area contributed by atoms with Gasteiger partial charge in [0.2, 0.25) is 0 Å². The molecule has 1 N–H and O–H groups in total. The smallest absolute Gasteiger partial charge is 0.302 e. The van der Waals surface area contributed by atoms with Gasteiger partial charge in [0, 0.05) is 25.2 Å². The van der Waals surface area contributed by atoms with Crippen LogP contribution < -0.4 is 0 Å². The lowest BCUT2D eigenvalue weighted by molar-refractivity contribution is -0.157. The van der Waals surface area contributed by atoms with Crippen LogP contribution in [-0.4, -0.2) is 35.1 Å². The van der Waals surface area contributed by atoms with Gasteiger partial charge in [-0.05, 0) is 87.4 Å². The molecule has 0 saturated heterocycles. The Morgan fingerprint density at radius 1 is 1.06 bits per heavy atom. The number of nitrogens with zero attached hydrogens (tertiary/aromatic N) is 1. The van der Waals surface area contributed by atoms with Crippen LogP contribution >= 0.6 is 0 Å². The Morgan fingerprint density at radius 2 is 1.81 bits per heavy atom. The number of oxime groups is 1. The van der Waals surface area contributed by atoms with E-state index in [1.807, 2.05) is 6.92 Å². The maximum Gasteiger partial charge on any atom is 0.302 e. The van der Waals surface area contributed by atoms with E-state index < -0.39 is 0 Å². The van der Waals surface area contributed by atoms with Crippen molar-refractivity contribution in [1.29, 1.82) is 0 Å². The van der Waals surface area contributed by atoms with Gasteiger partial charge < -0.3 is 14.7 Å². The van der Waals surface area contributed by atoms with Gasteiger partial charge in [-0.25, -0.2) is 0 Å². The van der Waals surface area contributed by atoms with Crippen LogP contribution in [0.2, 0.25) is 0 Å². The number of rotatable bonds is 3. The second-order valence-electron chi connectivity index (χ2n) is 11.2. The Balaban J connectivity index is 1.60. The van der Waals surface area contributed by atoms with Crippen LogP contribution in [0.4, 0.5) is 0 Å². The third kappa shape index (κ3) is 3.58. The van der Waals surface area contributed by atoms with Crippen LogP contribution in [0.15, 0.2) is 5.16 Å². The minimum atomic E-state index is -0.242. The van der Waals surface area contributed by atoms with E-state index in [4.69, 9.17) is 9.47 Å². The Kier molecular flexibility index (Phi) is 5.89. The minimum absolute atomic E-state index is 0.0485. The molecular weight excluding hydrogens is 394 g/mol. The van der Waals surface area contributed by atoms with Crippen LogP contribution in [0.1, 0.15) is 86.0 Å². The Morgan fingerprint density at radius 3 is 2.45 bits per heavy atom. The average Bonchev–Trinajstić information content (AvgIpc) is 3.05. The van der Waals surface area contributed by atoms with E-state index in [0.29, 0.717) is 23.7 Å². The summed E-state index contributed by atoms with van der Waals surface area (Å²) < 4.78 is 11.2. The van der Waals surface area contributed by atoms with Crippen LogP contribution in [0.3, 0.4) is 0 Å². The van der Waals surface area contributed by atoms with E-state index in [1.165, 1.54) is 26.7 Å². The largest absolute Gasteiger partial charge is 0.463 e. The highest BCUT2D eigenvalue weighted by Crippen LogP contribution is 2.67. The summed E-state index contributed by atoms with van der Waals surface area (Å²) in [6.07, 6.45) is 8.11. The van der Waals surface area contributed by atoms with E-state index in [0.717, 1.165) is 44.2 Å². The van der Waals surface area contributed by atoms with E-state index >= 15 is 0 Å². The molecule has 0 amide bonds. The van der Waals surface area contributed by atoms with Gasteiger partial charge in [0.1, 0.15) is 12.2 Å². The first kappa shape index (κ1) is 22.6. The van der Waals surface area contributed by atoms with Crippen molar-refractivity contribution in [2.75, 3.05) is 0 Å². The van der Waals surface area contributed by atoms with Crippen molar-refractivity contribution in [3.8, 4) is 0 Å². The van der Waals surface area contributed by atoms with Gasteiger partial charge in [0.15, 0.2) is 0 Å². The molecule has 3 unspecified atom stereocenters. The van der Waals surface area contributed by atoms with Crippen molar-refractivity contribution in [1.82, 2.24) is 0 Å². The molecule has 4 fully saturated rings. The predicted octanol–water partition coefficient (Wildman–Crippen LogP) is 4.97. The minimum Gasteiger partial charge on any atom is -0.463 e. The van der Waals surface area contributed by atoms with Crippen LogP contribution in [-0.2, 0) is 19.1 Å². The zero-order chi connectivity index (χ0) is 22.6. The molecule has 6 nitrogen and oxygen atoms in total. The number of fused-ring (bicyclic) bond motifs is 5.